The number of hydrazine groups is 1. The molecule has 1 aliphatic heterocycles. The first-order valence-electron chi connectivity index (χ1n) is 10.1. The molecule has 0 unspecified atom stereocenters. The van der Waals surface area contributed by atoms with Crippen molar-refractivity contribution < 1.29 is 19.5 Å². The van der Waals surface area contributed by atoms with Gasteiger partial charge < -0.3 is 5.11 Å². The van der Waals surface area contributed by atoms with Crippen LogP contribution < -0.4 is 0 Å². The number of amides is 2. The first-order valence-corrected chi connectivity index (χ1v) is 10.1. The second-order valence-corrected chi connectivity index (χ2v) is 7.50. The smallest absolute Gasteiger partial charge is 0.306 e. The van der Waals surface area contributed by atoms with E-state index in [0.29, 0.717) is 31.4 Å². The van der Waals surface area contributed by atoms with Crippen molar-refractivity contribution in [3.8, 4) is 0 Å². The van der Waals surface area contributed by atoms with Gasteiger partial charge in [-0.25, -0.2) is 5.01 Å². The molecule has 2 aromatic heterocycles. The standard InChI is InChI=1S/C22H26N4O4/c1-17(27)26(25-14-3-2-6-20(25)28)22(15-21(29)30,19-5-4-11-24-16-19)10-7-18-8-12-23-13-9-18/h4-5,8-9,11-13,16H,2-3,6-7,10,14-15H2,1H3,(H,29,30)/t22-/m0/s1. The van der Waals surface area contributed by atoms with E-state index in [1.165, 1.54) is 16.9 Å². The zero-order valence-electron chi connectivity index (χ0n) is 17.0. The summed E-state index contributed by atoms with van der Waals surface area (Å²) in [4.78, 5) is 45.9. The molecule has 8 nitrogen and oxygen atoms in total. The van der Waals surface area contributed by atoms with E-state index >= 15 is 0 Å². The molecule has 158 valence electrons. The first kappa shape index (κ1) is 21.4. The number of piperidine rings is 1. The summed E-state index contributed by atoms with van der Waals surface area (Å²) >= 11 is 0. The van der Waals surface area contributed by atoms with Gasteiger partial charge in [0, 0.05) is 44.7 Å². The van der Waals surface area contributed by atoms with E-state index < -0.39 is 11.5 Å². The van der Waals surface area contributed by atoms with E-state index in [1.54, 1.807) is 36.9 Å². The van der Waals surface area contributed by atoms with Crippen LogP contribution in [0, 0.1) is 0 Å². The van der Waals surface area contributed by atoms with Crippen LogP contribution in [0.2, 0.25) is 0 Å². The van der Waals surface area contributed by atoms with E-state index in [1.807, 2.05) is 12.1 Å². The number of rotatable bonds is 8. The lowest BCUT2D eigenvalue weighted by Crippen LogP contribution is -2.61. The number of aromatic nitrogens is 2. The van der Waals surface area contributed by atoms with Gasteiger partial charge in [-0.15, -0.1) is 0 Å². The van der Waals surface area contributed by atoms with Gasteiger partial charge in [-0.2, -0.15) is 0 Å². The van der Waals surface area contributed by atoms with Crippen molar-refractivity contribution in [1.29, 1.82) is 0 Å². The lowest BCUT2D eigenvalue weighted by molar-refractivity contribution is -0.186. The van der Waals surface area contributed by atoms with Crippen molar-refractivity contribution in [2.75, 3.05) is 6.54 Å². The van der Waals surface area contributed by atoms with Crippen molar-refractivity contribution in [2.45, 2.75) is 51.0 Å². The normalized spacial score (nSPS) is 16.0. The predicted octanol–water partition coefficient (Wildman–Crippen LogP) is 2.56. The van der Waals surface area contributed by atoms with E-state index in [2.05, 4.69) is 9.97 Å². The van der Waals surface area contributed by atoms with E-state index in [4.69, 9.17) is 0 Å². The maximum Gasteiger partial charge on any atom is 0.306 e. The zero-order chi connectivity index (χ0) is 21.6. The Kier molecular flexibility index (Phi) is 6.76. The summed E-state index contributed by atoms with van der Waals surface area (Å²) in [6, 6.07) is 7.21. The average molecular weight is 410 g/mol. The predicted molar refractivity (Wildman–Crippen MR) is 109 cm³/mol. The lowest BCUT2D eigenvalue weighted by Gasteiger charge is -2.49. The molecule has 2 aromatic rings. The number of carbonyl (C=O) groups excluding carboxylic acids is 2. The van der Waals surface area contributed by atoms with Crippen LogP contribution in [-0.2, 0) is 26.3 Å². The third kappa shape index (κ3) is 4.64. The Morgan fingerprint density at radius 2 is 1.93 bits per heavy atom. The summed E-state index contributed by atoms with van der Waals surface area (Å²) in [6.45, 7) is 1.76. The molecule has 1 aliphatic rings. The Labute approximate surface area is 175 Å². The fourth-order valence-electron chi connectivity index (χ4n) is 4.13. The van der Waals surface area contributed by atoms with E-state index in [9.17, 15) is 19.5 Å². The van der Waals surface area contributed by atoms with Gasteiger partial charge in [0.05, 0.1) is 6.42 Å². The molecule has 0 aromatic carbocycles. The highest BCUT2D eigenvalue weighted by Crippen LogP contribution is 2.39. The summed E-state index contributed by atoms with van der Waals surface area (Å²) in [7, 11) is 0. The molecule has 8 heteroatoms. The summed E-state index contributed by atoms with van der Waals surface area (Å²) in [5.41, 5.74) is 0.314. The highest BCUT2D eigenvalue weighted by molar-refractivity contribution is 5.83. The van der Waals surface area contributed by atoms with Crippen LogP contribution in [0.1, 0.15) is 50.2 Å². The molecule has 3 heterocycles. The van der Waals surface area contributed by atoms with E-state index in [-0.39, 0.29) is 18.2 Å². The largest absolute Gasteiger partial charge is 0.481 e. The third-order valence-electron chi connectivity index (χ3n) is 5.46. The maximum atomic E-state index is 12.9. The van der Waals surface area contributed by atoms with Crippen molar-refractivity contribution in [3.05, 3.63) is 60.2 Å². The summed E-state index contributed by atoms with van der Waals surface area (Å²) in [5.74, 6) is -1.59. The van der Waals surface area contributed by atoms with Gasteiger partial charge >= 0.3 is 5.97 Å². The van der Waals surface area contributed by atoms with Crippen LogP contribution >= 0.6 is 0 Å². The molecule has 1 N–H and O–H groups in total. The molecular weight excluding hydrogens is 384 g/mol. The minimum Gasteiger partial charge on any atom is -0.481 e. The van der Waals surface area contributed by atoms with Crippen LogP contribution in [0.25, 0.3) is 0 Å². The molecule has 0 spiro atoms. The Morgan fingerprint density at radius 3 is 2.53 bits per heavy atom. The third-order valence-corrected chi connectivity index (χ3v) is 5.46. The number of pyridine rings is 2. The number of carboxylic acids is 1. The summed E-state index contributed by atoms with van der Waals surface area (Å²) < 4.78 is 0. The molecule has 1 atom stereocenters. The van der Waals surface area contributed by atoms with Crippen LogP contribution in [0.5, 0.6) is 0 Å². The van der Waals surface area contributed by atoms with Gasteiger partial charge in [0.15, 0.2) is 0 Å². The highest BCUT2D eigenvalue weighted by atomic mass is 16.4. The average Bonchev–Trinajstić information content (AvgIpc) is 2.74. The minimum absolute atomic E-state index is 0.168. The van der Waals surface area contributed by atoms with Gasteiger partial charge in [-0.3, -0.25) is 29.4 Å². The first-order chi connectivity index (χ1) is 14.4. The number of aryl methyl sites for hydroxylation is 1. The van der Waals surface area contributed by atoms with Gasteiger partial charge in [0.2, 0.25) is 11.8 Å². The summed E-state index contributed by atoms with van der Waals surface area (Å²) in [5, 5.41) is 12.6. The van der Waals surface area contributed by atoms with Crippen molar-refractivity contribution in [1.82, 2.24) is 20.0 Å². The van der Waals surface area contributed by atoms with Crippen LogP contribution in [-0.4, -0.2) is 49.4 Å². The van der Waals surface area contributed by atoms with Crippen LogP contribution in [0.3, 0.4) is 0 Å². The second kappa shape index (κ2) is 9.47. The number of carbonyl (C=O) groups is 3. The Bertz CT molecular complexity index is 891. The maximum absolute atomic E-state index is 12.9. The lowest BCUT2D eigenvalue weighted by atomic mass is 9.81. The molecule has 0 radical (unpaired) electrons. The number of hydrogen-bond acceptors (Lipinski definition) is 5. The molecule has 0 bridgehead atoms. The van der Waals surface area contributed by atoms with Gasteiger partial charge in [0.1, 0.15) is 5.54 Å². The van der Waals surface area contributed by atoms with Crippen LogP contribution in [0.15, 0.2) is 49.1 Å². The fourth-order valence-corrected chi connectivity index (χ4v) is 4.13. The minimum atomic E-state index is -1.25. The monoisotopic (exact) mass is 410 g/mol. The number of hydrogen-bond donors (Lipinski definition) is 1. The molecule has 1 fully saturated rings. The molecule has 0 saturated carbocycles. The van der Waals surface area contributed by atoms with Crippen LogP contribution in [0.4, 0.5) is 0 Å². The number of carboxylic acid groups (broad SMARTS) is 1. The molecular formula is C22H26N4O4. The molecule has 30 heavy (non-hydrogen) atoms. The van der Waals surface area contributed by atoms with Crippen molar-refractivity contribution >= 4 is 17.8 Å². The number of nitrogens with zero attached hydrogens (tertiary/aromatic N) is 4. The highest BCUT2D eigenvalue weighted by Gasteiger charge is 2.46. The Hall–Kier alpha value is -3.29. The number of aliphatic carboxylic acids is 1. The molecule has 2 amide bonds. The topological polar surface area (TPSA) is 104 Å². The SMILES string of the molecule is CC(=O)N(N1CCCCC1=O)[C@@](CCc1ccncc1)(CC(=O)O)c1cccnc1. The molecule has 1 saturated heterocycles. The van der Waals surface area contributed by atoms with Gasteiger partial charge in [-0.05, 0) is 55.0 Å². The van der Waals surface area contributed by atoms with E-state index in [0.717, 1.165) is 18.4 Å². The Morgan fingerprint density at radius 1 is 1.17 bits per heavy atom. The molecule has 3 rings (SSSR count). The summed E-state index contributed by atoms with van der Waals surface area (Å²) in [6.07, 6.45) is 8.88. The van der Waals surface area contributed by atoms with Crippen molar-refractivity contribution in [2.24, 2.45) is 0 Å². The fraction of sp³-hybridized carbons (Fsp3) is 0.409. The zero-order valence-corrected chi connectivity index (χ0v) is 17.0. The molecule has 0 aliphatic carbocycles. The van der Waals surface area contributed by atoms with Gasteiger partial charge in [0.25, 0.3) is 0 Å². The second-order valence-electron chi connectivity index (χ2n) is 7.50. The van der Waals surface area contributed by atoms with Crippen molar-refractivity contribution in [3.63, 3.8) is 0 Å². The van der Waals surface area contributed by atoms with Gasteiger partial charge in [-0.1, -0.05) is 6.07 Å². The quantitative estimate of drug-likeness (QED) is 0.717. The Balaban J connectivity index is 2.12.